The fraction of sp³-hybridized carbons (Fsp3) is 0.360. The zero-order chi connectivity index (χ0) is 22.5. The van der Waals surface area contributed by atoms with Crippen LogP contribution in [0.25, 0.3) is 5.76 Å². The van der Waals surface area contributed by atoms with Gasteiger partial charge >= 0.3 is 0 Å². The van der Waals surface area contributed by atoms with Crippen LogP contribution in [-0.2, 0) is 9.59 Å². The number of benzene rings is 2. The van der Waals surface area contributed by atoms with E-state index in [9.17, 15) is 14.7 Å². The van der Waals surface area contributed by atoms with Crippen LogP contribution in [0.5, 0.6) is 5.75 Å². The van der Waals surface area contributed by atoms with Crippen molar-refractivity contribution in [2.24, 2.45) is 5.92 Å². The summed E-state index contributed by atoms with van der Waals surface area (Å²) in [5.74, 6) is -0.297. The molecule has 1 aliphatic heterocycles. The Balaban J connectivity index is 2.00. The highest BCUT2D eigenvalue weighted by atomic mass is 16.5. The first-order valence-corrected chi connectivity index (χ1v) is 10.6. The van der Waals surface area contributed by atoms with E-state index in [2.05, 4.69) is 13.8 Å². The lowest BCUT2D eigenvalue weighted by Gasteiger charge is -2.25. The van der Waals surface area contributed by atoms with Gasteiger partial charge in [-0.1, -0.05) is 44.2 Å². The first-order chi connectivity index (χ1) is 14.8. The van der Waals surface area contributed by atoms with E-state index < -0.39 is 17.7 Å². The van der Waals surface area contributed by atoms with E-state index in [4.69, 9.17) is 4.74 Å². The van der Waals surface area contributed by atoms with Crippen molar-refractivity contribution < 1.29 is 24.3 Å². The van der Waals surface area contributed by atoms with Crippen LogP contribution in [0, 0.1) is 5.92 Å². The van der Waals surface area contributed by atoms with Gasteiger partial charge in [-0.3, -0.25) is 9.59 Å². The summed E-state index contributed by atoms with van der Waals surface area (Å²) in [7, 11) is 3.99. The fourth-order valence-corrected chi connectivity index (χ4v) is 3.56. The van der Waals surface area contributed by atoms with Crippen molar-refractivity contribution in [2.75, 3.05) is 33.8 Å². The van der Waals surface area contributed by atoms with Gasteiger partial charge in [-0.25, -0.2) is 0 Å². The predicted octanol–water partition coefficient (Wildman–Crippen LogP) is 2.29. The molecule has 1 aliphatic rings. The highest BCUT2D eigenvalue weighted by molar-refractivity contribution is 6.46. The summed E-state index contributed by atoms with van der Waals surface area (Å²) < 4.78 is 5.70. The van der Waals surface area contributed by atoms with Crippen molar-refractivity contribution >= 4 is 17.4 Å². The maximum absolute atomic E-state index is 13.0. The number of quaternary nitrogens is 1. The number of aliphatic hydroxyl groups excluding tert-OH is 1. The number of likely N-dealkylation sites (N-methyl/N-ethyl adjacent to an activating group) is 1. The van der Waals surface area contributed by atoms with Crippen molar-refractivity contribution in [3.8, 4) is 5.75 Å². The SMILES string of the molecule is CC(C)COc1ccc(C(O)=C2C(=O)C(=O)N(CC[NH+](C)C)[C@H]2c2ccccc2)cc1. The van der Waals surface area contributed by atoms with Crippen molar-refractivity contribution in [3.63, 3.8) is 0 Å². The summed E-state index contributed by atoms with van der Waals surface area (Å²) in [5.41, 5.74) is 1.41. The molecule has 6 nitrogen and oxygen atoms in total. The number of likely N-dealkylation sites (tertiary alicyclic amines) is 1. The molecule has 31 heavy (non-hydrogen) atoms. The Kier molecular flexibility index (Phi) is 7.13. The Morgan fingerprint density at radius 3 is 2.29 bits per heavy atom. The smallest absolute Gasteiger partial charge is 0.295 e. The van der Waals surface area contributed by atoms with Crippen LogP contribution in [0.15, 0.2) is 60.2 Å². The van der Waals surface area contributed by atoms with Gasteiger partial charge in [0.05, 0.1) is 45.4 Å². The molecule has 2 aromatic rings. The average molecular weight is 424 g/mol. The number of ketones is 1. The highest BCUT2D eigenvalue weighted by Crippen LogP contribution is 2.39. The zero-order valence-corrected chi connectivity index (χ0v) is 18.6. The molecule has 3 rings (SSSR count). The van der Waals surface area contributed by atoms with Crippen LogP contribution < -0.4 is 9.64 Å². The van der Waals surface area contributed by atoms with Crippen LogP contribution in [0.1, 0.15) is 31.0 Å². The minimum absolute atomic E-state index is 0.126. The van der Waals surface area contributed by atoms with Gasteiger partial charge < -0.3 is 19.6 Å². The van der Waals surface area contributed by atoms with Crippen LogP contribution in [0.3, 0.4) is 0 Å². The summed E-state index contributed by atoms with van der Waals surface area (Å²) in [6, 6.07) is 15.7. The molecule has 0 spiro atoms. The largest absolute Gasteiger partial charge is 0.507 e. The molecule has 0 saturated carbocycles. The third-order valence-electron chi connectivity index (χ3n) is 5.22. The number of Topliss-reactive ketones (excluding diaryl/α,β-unsaturated/α-hetero) is 1. The van der Waals surface area contributed by atoms with E-state index in [0.29, 0.717) is 36.9 Å². The number of nitrogens with zero attached hydrogens (tertiary/aromatic N) is 1. The number of ether oxygens (including phenoxy) is 1. The molecule has 0 aromatic heterocycles. The standard InChI is InChI=1S/C25H30N2O4/c1-17(2)16-31-20-12-10-19(11-13-20)23(28)21-22(18-8-6-5-7-9-18)27(15-14-26(3)4)25(30)24(21)29/h5-13,17,22,28H,14-16H2,1-4H3/p+1/t22-/m0/s1. The van der Waals surface area contributed by atoms with Crippen molar-refractivity contribution in [2.45, 2.75) is 19.9 Å². The van der Waals surface area contributed by atoms with Gasteiger partial charge in [0.2, 0.25) is 0 Å². The second-order valence-corrected chi connectivity index (χ2v) is 8.59. The molecule has 0 radical (unpaired) electrons. The van der Waals surface area contributed by atoms with E-state index in [0.717, 1.165) is 5.56 Å². The number of rotatable bonds is 8. The predicted molar refractivity (Wildman–Crippen MR) is 120 cm³/mol. The number of carbonyl (C=O) groups excluding carboxylic acids is 2. The minimum atomic E-state index is -0.653. The molecule has 1 atom stereocenters. The third-order valence-corrected chi connectivity index (χ3v) is 5.22. The molecule has 2 N–H and O–H groups in total. The Morgan fingerprint density at radius 1 is 1.06 bits per heavy atom. The summed E-state index contributed by atoms with van der Waals surface area (Å²) in [6.07, 6.45) is 0. The molecule has 6 heteroatoms. The van der Waals surface area contributed by atoms with E-state index in [1.807, 2.05) is 44.4 Å². The van der Waals surface area contributed by atoms with Crippen LogP contribution in [0.2, 0.25) is 0 Å². The number of amides is 1. The quantitative estimate of drug-likeness (QED) is 0.388. The van der Waals surface area contributed by atoms with Gasteiger partial charge in [-0.15, -0.1) is 0 Å². The van der Waals surface area contributed by atoms with Gasteiger partial charge in [0.15, 0.2) is 0 Å². The lowest BCUT2D eigenvalue weighted by molar-refractivity contribution is -0.857. The van der Waals surface area contributed by atoms with Crippen LogP contribution >= 0.6 is 0 Å². The van der Waals surface area contributed by atoms with Gasteiger partial charge in [0, 0.05) is 5.56 Å². The second-order valence-electron chi connectivity index (χ2n) is 8.59. The van der Waals surface area contributed by atoms with Gasteiger partial charge in [0.1, 0.15) is 11.5 Å². The lowest BCUT2D eigenvalue weighted by Crippen LogP contribution is -3.06. The lowest BCUT2D eigenvalue weighted by atomic mass is 9.95. The average Bonchev–Trinajstić information content (AvgIpc) is 3.01. The Morgan fingerprint density at radius 2 is 1.71 bits per heavy atom. The molecule has 2 aromatic carbocycles. The molecular weight excluding hydrogens is 392 g/mol. The van der Waals surface area contributed by atoms with Crippen molar-refractivity contribution in [3.05, 3.63) is 71.3 Å². The van der Waals surface area contributed by atoms with E-state index >= 15 is 0 Å². The molecule has 0 bridgehead atoms. The maximum Gasteiger partial charge on any atom is 0.295 e. The van der Waals surface area contributed by atoms with Crippen molar-refractivity contribution in [1.29, 1.82) is 0 Å². The normalized spacial score (nSPS) is 18.3. The monoisotopic (exact) mass is 423 g/mol. The molecule has 0 aliphatic carbocycles. The first kappa shape index (κ1) is 22.6. The number of nitrogens with one attached hydrogen (secondary N) is 1. The van der Waals surface area contributed by atoms with Crippen LogP contribution in [0.4, 0.5) is 0 Å². The Labute approximate surface area is 183 Å². The summed E-state index contributed by atoms with van der Waals surface area (Å²) in [5, 5.41) is 11.1. The number of aliphatic hydroxyl groups is 1. The molecule has 1 fully saturated rings. The first-order valence-electron chi connectivity index (χ1n) is 10.6. The number of carbonyl (C=O) groups is 2. The zero-order valence-electron chi connectivity index (χ0n) is 18.6. The molecule has 1 saturated heterocycles. The second kappa shape index (κ2) is 9.79. The van der Waals surface area contributed by atoms with E-state index in [1.54, 1.807) is 29.2 Å². The topological polar surface area (TPSA) is 71.3 Å². The third kappa shape index (κ3) is 5.14. The van der Waals surface area contributed by atoms with E-state index in [1.165, 1.54) is 4.90 Å². The molecule has 0 unspecified atom stereocenters. The number of hydrogen-bond acceptors (Lipinski definition) is 4. The van der Waals surface area contributed by atoms with Gasteiger partial charge in [0.25, 0.3) is 11.7 Å². The van der Waals surface area contributed by atoms with Crippen molar-refractivity contribution in [1.82, 2.24) is 4.90 Å². The van der Waals surface area contributed by atoms with Crippen LogP contribution in [-0.4, -0.2) is 55.5 Å². The fourth-order valence-electron chi connectivity index (χ4n) is 3.56. The Bertz CT molecular complexity index is 949. The number of hydrogen-bond donors (Lipinski definition) is 2. The summed E-state index contributed by atoms with van der Waals surface area (Å²) >= 11 is 0. The summed E-state index contributed by atoms with van der Waals surface area (Å²) in [6.45, 7) is 5.85. The Hall–Kier alpha value is -3.12. The molecule has 164 valence electrons. The van der Waals surface area contributed by atoms with E-state index in [-0.39, 0.29) is 11.3 Å². The summed E-state index contributed by atoms with van der Waals surface area (Å²) in [4.78, 5) is 28.6. The maximum atomic E-state index is 13.0. The molecule has 1 heterocycles. The highest BCUT2D eigenvalue weighted by Gasteiger charge is 2.46. The molecule has 1 amide bonds. The molecular formula is C25H31N2O4+. The van der Waals surface area contributed by atoms with Gasteiger partial charge in [-0.2, -0.15) is 0 Å². The minimum Gasteiger partial charge on any atom is -0.507 e. The van der Waals surface area contributed by atoms with Gasteiger partial charge in [-0.05, 0) is 35.7 Å².